The van der Waals surface area contributed by atoms with Gasteiger partial charge in [0.25, 0.3) is 6.29 Å². The Morgan fingerprint density at radius 2 is 0.568 bits per heavy atom. The highest BCUT2D eigenvalue weighted by Gasteiger charge is 2.25. The van der Waals surface area contributed by atoms with E-state index in [2.05, 4.69) is 196 Å². The quantitative estimate of drug-likeness (QED) is 0.0211. The molecule has 0 spiro atoms. The average molecular weight is 1320 g/mol. The molecule has 95 heavy (non-hydrogen) atoms. The minimum absolute atomic E-state index is 0.178. The molecule has 0 aromatic heterocycles. The minimum atomic E-state index is -1.52. The number of rotatable bonds is 68. The maximum absolute atomic E-state index is 13.0. The molecule has 0 heterocycles. The molecule has 0 saturated heterocycles. The predicted octanol–water partition coefficient (Wildman–Crippen LogP) is 24.4. The van der Waals surface area contributed by atoms with Crippen LogP contribution in [0.15, 0.2) is 182 Å². The van der Waals surface area contributed by atoms with Crippen molar-refractivity contribution >= 4 is 17.9 Å². The number of carboxylic acid groups (broad SMARTS) is 1. The molecule has 0 aromatic rings. The number of nitrogens with zero attached hydrogens (tertiary/aromatic N) is 1. The van der Waals surface area contributed by atoms with Crippen molar-refractivity contribution in [3.63, 3.8) is 0 Å². The highest BCUT2D eigenvalue weighted by molar-refractivity contribution is 5.71. The van der Waals surface area contributed by atoms with E-state index in [0.717, 1.165) is 141 Å². The first-order chi connectivity index (χ1) is 46.6. The number of carboxylic acids is 1. The fourth-order valence-electron chi connectivity index (χ4n) is 9.95. The molecule has 536 valence electrons. The van der Waals surface area contributed by atoms with Gasteiger partial charge >= 0.3 is 17.9 Å². The number of unbranched alkanes of at least 4 members (excludes halogenated alkanes) is 23. The Hall–Kier alpha value is -5.61. The van der Waals surface area contributed by atoms with Crippen molar-refractivity contribution in [2.24, 2.45) is 0 Å². The van der Waals surface area contributed by atoms with E-state index in [4.69, 9.17) is 18.9 Å². The lowest BCUT2D eigenvalue weighted by Gasteiger charge is -2.25. The van der Waals surface area contributed by atoms with Crippen LogP contribution in [-0.4, -0.2) is 87.4 Å². The zero-order valence-corrected chi connectivity index (χ0v) is 61.3. The number of hydrogen-bond acceptors (Lipinski definition) is 7. The van der Waals surface area contributed by atoms with Gasteiger partial charge in [0.15, 0.2) is 6.10 Å². The maximum Gasteiger partial charge on any atom is 0.361 e. The van der Waals surface area contributed by atoms with Gasteiger partial charge in [-0.1, -0.05) is 318 Å². The second-order valence-electron chi connectivity index (χ2n) is 25.8. The first-order valence-corrected chi connectivity index (χ1v) is 37.9. The minimum Gasteiger partial charge on any atom is -0.477 e. The summed E-state index contributed by atoms with van der Waals surface area (Å²) in [6, 6.07) is 0. The van der Waals surface area contributed by atoms with Crippen molar-refractivity contribution < 1.29 is 42.9 Å². The molecule has 9 nitrogen and oxygen atoms in total. The summed E-state index contributed by atoms with van der Waals surface area (Å²) in [6.45, 7) is 4.64. The predicted molar refractivity (Wildman–Crippen MR) is 409 cm³/mol. The Labute approximate surface area is 583 Å². The van der Waals surface area contributed by atoms with E-state index < -0.39 is 24.3 Å². The fourth-order valence-corrected chi connectivity index (χ4v) is 9.95. The first kappa shape index (κ1) is 89.4. The zero-order valence-electron chi connectivity index (χ0n) is 61.3. The molecular formula is C86H140NO8+. The van der Waals surface area contributed by atoms with Crippen molar-refractivity contribution in [1.82, 2.24) is 0 Å². The molecule has 0 radical (unpaired) electrons. The van der Waals surface area contributed by atoms with Crippen molar-refractivity contribution in [1.29, 1.82) is 0 Å². The second kappa shape index (κ2) is 74.2. The van der Waals surface area contributed by atoms with Gasteiger partial charge in [-0.05, 0) is 135 Å². The molecule has 0 aromatic carbocycles. The Morgan fingerprint density at radius 1 is 0.316 bits per heavy atom. The number of allylic oxidation sites excluding steroid dienone is 30. The summed E-state index contributed by atoms with van der Waals surface area (Å²) < 4.78 is 23.0. The van der Waals surface area contributed by atoms with Gasteiger partial charge in [-0.3, -0.25) is 9.59 Å². The number of ether oxygens (including phenoxy) is 4. The number of likely N-dealkylation sites (N-methyl/N-ethyl adjacent to an activating group) is 1. The first-order valence-electron chi connectivity index (χ1n) is 37.9. The van der Waals surface area contributed by atoms with Gasteiger partial charge < -0.3 is 28.5 Å². The van der Waals surface area contributed by atoms with Gasteiger partial charge in [0.1, 0.15) is 13.2 Å². The summed E-state index contributed by atoms with van der Waals surface area (Å²) >= 11 is 0. The average Bonchev–Trinajstić information content (AvgIpc) is 3.75. The lowest BCUT2D eigenvalue weighted by molar-refractivity contribution is -0.870. The van der Waals surface area contributed by atoms with E-state index in [-0.39, 0.29) is 32.2 Å². The largest absolute Gasteiger partial charge is 0.477 e. The van der Waals surface area contributed by atoms with Crippen molar-refractivity contribution in [2.45, 2.75) is 296 Å². The Bertz CT molecular complexity index is 2220. The highest BCUT2D eigenvalue weighted by Crippen LogP contribution is 2.17. The standard InChI is InChI=1S/C86H139NO8/c1-6-8-10-12-14-16-18-20-22-24-26-28-30-32-34-36-38-40-41-42-43-45-47-49-51-53-55-57-59-61-63-65-67-69-71-73-75-77-84(89)95-82(81-94-86(85(90)91)92-79-78-87(3,4)5)80-93-83(88)76-74-72-70-68-66-64-62-60-58-56-54-52-50-48-46-44-39-37-35-33-31-29-27-25-23-21-19-17-15-13-11-9-7-2/h8-11,14-17,20-23,26-29,32-35,38-40,42-44,47,49,53,55,82,86H,6-7,12-13,18-19,24-25,30-31,36-37,41,45-46,48,50-52,54,56-81H2,1-5H3/p+1/b10-8-,11-9-,16-14-,17-15-,22-20-,23-21-,28-26-,29-27-,34-32-,35-33-,40-38-,43-42-,44-39-,49-47-,55-53-. The molecular weight excluding hydrogens is 1170 g/mol. The number of hydrogen-bond donors (Lipinski definition) is 1. The van der Waals surface area contributed by atoms with Crippen LogP contribution in [0.2, 0.25) is 0 Å². The SMILES string of the molecule is CC/C=C\C/C=C\C/C=C\C/C=C\C/C=C\C/C=C\C/C=C\C/C=C\C/C=C\CCCCCCCCCCCC(=O)OC(COC(=O)CCCCCCCCCCCCCCCC/C=C\C/C=C\C/C=C\C/C=C\C/C=C\C/C=C\CC)COC(OCC[N+](C)(C)C)C(=O)O. The molecule has 0 fully saturated rings. The fraction of sp³-hybridized carbons (Fsp3) is 0.616. The van der Waals surface area contributed by atoms with Crippen LogP contribution in [-0.2, 0) is 33.3 Å². The summed E-state index contributed by atoms with van der Waals surface area (Å²) in [6.07, 6.45) is 110. The molecule has 0 aliphatic rings. The lowest BCUT2D eigenvalue weighted by atomic mass is 10.0. The zero-order chi connectivity index (χ0) is 69.0. The molecule has 0 rings (SSSR count). The van der Waals surface area contributed by atoms with Crippen LogP contribution in [0.1, 0.15) is 284 Å². The molecule has 0 saturated carbocycles. The Balaban J connectivity index is 4.15. The molecule has 0 amide bonds. The normalized spacial score (nSPS) is 13.7. The van der Waals surface area contributed by atoms with Gasteiger partial charge in [-0.2, -0.15) is 0 Å². The number of esters is 2. The van der Waals surface area contributed by atoms with Gasteiger partial charge in [0, 0.05) is 12.8 Å². The number of carbonyl (C=O) groups excluding carboxylic acids is 2. The lowest BCUT2D eigenvalue weighted by Crippen LogP contribution is -2.40. The molecule has 2 atom stereocenters. The van der Waals surface area contributed by atoms with E-state index in [0.29, 0.717) is 23.9 Å². The Kier molecular flexibility index (Phi) is 69.8. The topological polar surface area (TPSA) is 108 Å². The van der Waals surface area contributed by atoms with E-state index in [1.165, 1.54) is 109 Å². The Morgan fingerprint density at radius 3 is 0.842 bits per heavy atom. The van der Waals surface area contributed by atoms with Crippen molar-refractivity contribution in [2.75, 3.05) is 47.5 Å². The van der Waals surface area contributed by atoms with Gasteiger partial charge in [-0.15, -0.1) is 0 Å². The van der Waals surface area contributed by atoms with Crippen LogP contribution >= 0.6 is 0 Å². The number of quaternary nitrogens is 1. The van der Waals surface area contributed by atoms with E-state index in [1.54, 1.807) is 0 Å². The van der Waals surface area contributed by atoms with Crippen LogP contribution in [0.4, 0.5) is 0 Å². The van der Waals surface area contributed by atoms with Gasteiger partial charge in [0.05, 0.1) is 34.4 Å². The molecule has 0 aliphatic heterocycles. The molecule has 0 bridgehead atoms. The monoisotopic (exact) mass is 1320 g/mol. The summed E-state index contributed by atoms with van der Waals surface area (Å²) in [5, 5.41) is 9.77. The van der Waals surface area contributed by atoms with E-state index in [9.17, 15) is 19.5 Å². The third-order valence-corrected chi connectivity index (χ3v) is 15.7. The summed E-state index contributed by atoms with van der Waals surface area (Å²) in [5.41, 5.74) is 0. The molecule has 9 heteroatoms. The summed E-state index contributed by atoms with van der Waals surface area (Å²) in [4.78, 5) is 37.7. The van der Waals surface area contributed by atoms with Crippen molar-refractivity contribution in [3.05, 3.63) is 182 Å². The summed E-state index contributed by atoms with van der Waals surface area (Å²) in [7, 11) is 5.97. The number of aliphatic carboxylic acids is 1. The van der Waals surface area contributed by atoms with E-state index in [1.807, 2.05) is 21.1 Å². The molecule has 1 N–H and O–H groups in total. The van der Waals surface area contributed by atoms with Crippen LogP contribution in [0.5, 0.6) is 0 Å². The van der Waals surface area contributed by atoms with Crippen LogP contribution < -0.4 is 0 Å². The summed E-state index contributed by atoms with van der Waals surface area (Å²) in [5.74, 6) is -2.02. The van der Waals surface area contributed by atoms with Gasteiger partial charge in [-0.25, -0.2) is 4.79 Å². The second-order valence-corrected chi connectivity index (χ2v) is 25.8. The van der Waals surface area contributed by atoms with Crippen LogP contribution in [0, 0.1) is 0 Å². The molecule has 0 aliphatic carbocycles. The number of carbonyl (C=O) groups is 3. The third kappa shape index (κ3) is 75.6. The smallest absolute Gasteiger partial charge is 0.361 e. The van der Waals surface area contributed by atoms with Gasteiger partial charge in [0.2, 0.25) is 0 Å². The van der Waals surface area contributed by atoms with Crippen molar-refractivity contribution in [3.8, 4) is 0 Å². The third-order valence-electron chi connectivity index (χ3n) is 15.7. The van der Waals surface area contributed by atoms with Crippen LogP contribution in [0.3, 0.4) is 0 Å². The van der Waals surface area contributed by atoms with Crippen LogP contribution in [0.25, 0.3) is 0 Å². The maximum atomic E-state index is 13.0. The highest BCUT2D eigenvalue weighted by atomic mass is 16.7. The van der Waals surface area contributed by atoms with E-state index >= 15 is 0 Å². The molecule has 2 unspecified atom stereocenters.